The van der Waals surface area contributed by atoms with Gasteiger partial charge >= 0.3 is 0 Å². The molecule has 17 aromatic rings. The zero-order valence-electron chi connectivity index (χ0n) is 59.2. The molecule has 6 aliphatic rings. The van der Waals surface area contributed by atoms with Crippen molar-refractivity contribution >= 4 is 45.5 Å². The highest BCUT2D eigenvalue weighted by Crippen LogP contribution is 2.68. The molecule has 0 saturated carbocycles. The van der Waals surface area contributed by atoms with Crippen LogP contribution in [0.4, 0.5) is 45.5 Å². The van der Waals surface area contributed by atoms with Gasteiger partial charge in [0.05, 0.1) is 33.3 Å². The molecule has 3 nitrogen and oxygen atoms in total. The van der Waals surface area contributed by atoms with Gasteiger partial charge in [-0.2, -0.15) is 0 Å². The first-order valence-electron chi connectivity index (χ1n) is 37.6. The fourth-order valence-corrected chi connectivity index (χ4v) is 20.0. The third-order valence-corrected chi connectivity index (χ3v) is 24.1. The minimum atomic E-state index is -0.593. The zero-order valence-corrected chi connectivity index (χ0v) is 59.2. The van der Waals surface area contributed by atoms with Crippen molar-refractivity contribution in [3.8, 4) is 77.9 Å². The first-order chi connectivity index (χ1) is 53.6. The van der Waals surface area contributed by atoms with Crippen molar-refractivity contribution in [1.82, 2.24) is 0 Å². The number of hydrogen-bond acceptors (Lipinski definition) is 3. The van der Waals surface area contributed by atoms with Crippen LogP contribution in [0.3, 0.4) is 0 Å². The molecule has 5 aliphatic carbocycles. The van der Waals surface area contributed by atoms with Crippen LogP contribution in [0.25, 0.3) is 77.9 Å². The van der Waals surface area contributed by atoms with Gasteiger partial charge in [-0.15, -0.1) is 0 Å². The molecule has 0 atom stereocenters. The van der Waals surface area contributed by atoms with Crippen molar-refractivity contribution in [2.75, 3.05) is 15.1 Å². The van der Waals surface area contributed by atoms with Crippen LogP contribution in [0.5, 0.6) is 0 Å². The highest BCUT2D eigenvalue weighted by Gasteiger charge is 2.55. The predicted molar refractivity (Wildman–Crippen MR) is 446 cm³/mol. The molecule has 0 bridgehead atoms. The SMILES string of the molecule is c1ccc(-c2ccc(N(c3ccc4c(c3)C3(c5ccccc5-c5ccccc53)c3ccccc3-4)c3cccc4c3-c3ccccc3C43c4ccccc4N(c4ccccc4)c4ccccc43)cc2)cc1.c1ccc(-c2ccc(Nc3ccc4c(c3)C3(c5ccccc5-c5ccccc53)c3ccccc3-4)cc2)cc1. The van der Waals surface area contributed by atoms with E-state index in [2.05, 4.69) is 428 Å². The van der Waals surface area contributed by atoms with E-state index in [1.165, 1.54) is 156 Å². The molecule has 3 spiro atoms. The Kier molecular flexibility index (Phi) is 13.7. The zero-order chi connectivity index (χ0) is 71.1. The maximum absolute atomic E-state index is 3.69. The van der Waals surface area contributed by atoms with E-state index in [1.54, 1.807) is 0 Å². The number of benzene rings is 17. The summed E-state index contributed by atoms with van der Waals surface area (Å²) in [6.07, 6.45) is 0. The summed E-state index contributed by atoms with van der Waals surface area (Å²) in [5, 5.41) is 3.69. The molecule has 1 heterocycles. The molecule has 108 heavy (non-hydrogen) atoms. The lowest BCUT2D eigenvalue weighted by Crippen LogP contribution is -2.36. The van der Waals surface area contributed by atoms with Crippen molar-refractivity contribution in [2.45, 2.75) is 16.2 Å². The molecule has 1 aliphatic heterocycles. The second-order valence-corrected chi connectivity index (χ2v) is 29.3. The lowest BCUT2D eigenvalue weighted by atomic mass is 9.64. The minimum absolute atomic E-state index is 0.312. The summed E-state index contributed by atoms with van der Waals surface area (Å²) in [6.45, 7) is 0. The average molecular weight is 1370 g/mol. The van der Waals surface area contributed by atoms with Crippen molar-refractivity contribution in [1.29, 1.82) is 0 Å². The summed E-state index contributed by atoms with van der Waals surface area (Å²) in [5.74, 6) is 0. The Hall–Kier alpha value is -13.9. The van der Waals surface area contributed by atoms with E-state index in [0.29, 0.717) is 0 Å². The Balaban J connectivity index is 0.000000160. The van der Waals surface area contributed by atoms with Gasteiger partial charge < -0.3 is 15.1 Å². The molecule has 0 amide bonds. The predicted octanol–water partition coefficient (Wildman–Crippen LogP) is 26.8. The van der Waals surface area contributed by atoms with Crippen molar-refractivity contribution in [2.24, 2.45) is 0 Å². The first-order valence-corrected chi connectivity index (χ1v) is 37.6. The van der Waals surface area contributed by atoms with Crippen LogP contribution in [0.15, 0.2) is 413 Å². The number of anilines is 8. The second-order valence-electron chi connectivity index (χ2n) is 29.3. The normalized spacial score (nSPS) is 13.9. The fraction of sp³-hybridized carbons (Fsp3) is 0.0286. The van der Waals surface area contributed by atoms with Crippen molar-refractivity contribution in [3.05, 3.63) is 479 Å². The Morgan fingerprint density at radius 3 is 0.981 bits per heavy atom. The lowest BCUT2D eigenvalue weighted by molar-refractivity contribution is 0.752. The van der Waals surface area contributed by atoms with E-state index in [-0.39, 0.29) is 5.41 Å². The van der Waals surface area contributed by atoms with Gasteiger partial charge in [-0.1, -0.05) is 334 Å². The minimum Gasteiger partial charge on any atom is -0.356 e. The van der Waals surface area contributed by atoms with Crippen LogP contribution in [0, 0.1) is 0 Å². The third-order valence-electron chi connectivity index (χ3n) is 24.1. The number of para-hydroxylation sites is 3. The molecular formula is C105H69N3. The fourth-order valence-electron chi connectivity index (χ4n) is 20.0. The van der Waals surface area contributed by atoms with E-state index in [9.17, 15) is 0 Å². The first kappa shape index (κ1) is 61.6. The Bertz CT molecular complexity index is 6300. The van der Waals surface area contributed by atoms with Crippen LogP contribution in [-0.2, 0) is 16.2 Å². The van der Waals surface area contributed by atoms with Crippen LogP contribution >= 0.6 is 0 Å². The summed E-state index contributed by atoms with van der Waals surface area (Å²) in [5.41, 5.74) is 41.5. The molecule has 0 saturated heterocycles. The van der Waals surface area contributed by atoms with Gasteiger partial charge in [-0.05, 0) is 218 Å². The topological polar surface area (TPSA) is 18.5 Å². The Labute approximate surface area is 629 Å². The van der Waals surface area contributed by atoms with E-state index in [0.717, 1.165) is 34.1 Å². The summed E-state index contributed by atoms with van der Waals surface area (Å²) in [7, 11) is 0. The van der Waals surface area contributed by atoms with E-state index >= 15 is 0 Å². The highest BCUT2D eigenvalue weighted by atomic mass is 15.2. The molecule has 17 aromatic carbocycles. The molecule has 0 radical (unpaired) electrons. The van der Waals surface area contributed by atoms with Crippen molar-refractivity contribution in [3.63, 3.8) is 0 Å². The van der Waals surface area contributed by atoms with Crippen molar-refractivity contribution < 1.29 is 0 Å². The average Bonchev–Trinajstić information content (AvgIpc) is 1.50. The summed E-state index contributed by atoms with van der Waals surface area (Å²) < 4.78 is 0. The van der Waals surface area contributed by atoms with Crippen LogP contribution in [-0.4, -0.2) is 0 Å². The Morgan fingerprint density at radius 1 is 0.204 bits per heavy atom. The summed E-state index contributed by atoms with van der Waals surface area (Å²) in [4.78, 5) is 5.00. The van der Waals surface area contributed by atoms with Gasteiger partial charge in [-0.25, -0.2) is 0 Å². The Morgan fingerprint density at radius 2 is 0.519 bits per heavy atom. The number of nitrogens with one attached hydrogen (secondary N) is 1. The van der Waals surface area contributed by atoms with Gasteiger partial charge in [0, 0.05) is 34.0 Å². The van der Waals surface area contributed by atoms with Crippen LogP contribution in [0.2, 0.25) is 0 Å². The molecule has 0 unspecified atom stereocenters. The van der Waals surface area contributed by atoms with Gasteiger partial charge in [0.15, 0.2) is 0 Å². The molecule has 1 N–H and O–H groups in total. The van der Waals surface area contributed by atoms with E-state index < -0.39 is 10.8 Å². The van der Waals surface area contributed by atoms with Gasteiger partial charge in [-0.3, -0.25) is 0 Å². The number of nitrogens with zero attached hydrogens (tertiary/aromatic N) is 2. The molecule has 504 valence electrons. The molecule has 0 aromatic heterocycles. The summed E-state index contributed by atoms with van der Waals surface area (Å²) in [6, 6.07) is 153. The van der Waals surface area contributed by atoms with E-state index in [4.69, 9.17) is 0 Å². The number of hydrogen-bond donors (Lipinski definition) is 1. The third kappa shape index (κ3) is 8.67. The quantitative estimate of drug-likeness (QED) is 0.164. The van der Waals surface area contributed by atoms with Gasteiger partial charge in [0.25, 0.3) is 0 Å². The lowest BCUT2D eigenvalue weighted by Gasteiger charge is -2.45. The van der Waals surface area contributed by atoms with E-state index in [1.807, 2.05) is 0 Å². The largest absolute Gasteiger partial charge is 0.356 e. The monoisotopic (exact) mass is 1370 g/mol. The maximum atomic E-state index is 3.69. The second kappa shape index (κ2) is 24.1. The molecular weight excluding hydrogens is 1300 g/mol. The van der Waals surface area contributed by atoms with Gasteiger partial charge in [0.1, 0.15) is 0 Å². The molecule has 0 fully saturated rings. The summed E-state index contributed by atoms with van der Waals surface area (Å²) >= 11 is 0. The highest BCUT2D eigenvalue weighted by molar-refractivity contribution is 6.04. The van der Waals surface area contributed by atoms with Gasteiger partial charge in [0.2, 0.25) is 0 Å². The van der Waals surface area contributed by atoms with Crippen LogP contribution in [0.1, 0.15) is 66.8 Å². The number of rotatable bonds is 8. The number of fused-ring (bicyclic) bond motifs is 29. The standard InChI is InChI=1S/C68H44N2.C37H25N/c1-3-20-45(21-4-1)46-38-40-48(41-39-46)69(49-42-43-53-52-26-9-13-30-57(52)67(62(53)44-49)55-28-11-7-24-50(55)51-25-8-12-29-56(51)67)65-37-19-34-61-66(65)54-27-10-14-31-58(54)68(61)59-32-15-17-35-63(59)70(47-22-5-2-6-23-47)64-36-18-16-33-60(64)68;1-2-10-25(11-3-1)26-18-20-27(21-19-26)38-28-22-23-32-31-14-6-9-17-35(31)37(36(32)24-28)33-15-7-4-12-29(33)30-13-5-8-16-34(30)37/h1-44H;1-24,38H. The smallest absolute Gasteiger partial charge is 0.0755 e. The van der Waals surface area contributed by atoms with Crippen LogP contribution < -0.4 is 15.1 Å². The molecule has 23 rings (SSSR count). The maximum Gasteiger partial charge on any atom is 0.0755 e. The molecule has 3 heteroatoms.